The van der Waals surface area contributed by atoms with E-state index in [1.807, 2.05) is 48.5 Å². The Morgan fingerprint density at radius 2 is 1.54 bits per heavy atom. The van der Waals surface area contributed by atoms with E-state index in [0.29, 0.717) is 22.9 Å². The third-order valence-corrected chi connectivity index (χ3v) is 4.05. The summed E-state index contributed by atoms with van der Waals surface area (Å²) in [5.41, 5.74) is 2.32. The average molecular weight is 413 g/mol. The fourth-order valence-electron chi connectivity index (χ4n) is 2.33. The molecule has 4 rings (SSSR count). The molecule has 9 heteroatoms. The highest BCUT2D eigenvalue weighted by Crippen LogP contribution is 2.28. The van der Waals surface area contributed by atoms with E-state index in [2.05, 4.69) is 46.8 Å². The number of nitrogens with one attached hydrogen (secondary N) is 2. The van der Waals surface area contributed by atoms with Gasteiger partial charge in [-0.25, -0.2) is 14.6 Å². The standard InChI is InChI=1S/C17H13BrN6O2/c1-25-13-7-5-11(6-8-13)19-14-15(20-12-4-2-3-10(18)9-12)22-17-16(21-14)23-26-24-17/h2-9H,1H3,(H,19,21,23)(H,20,22,24). The van der Waals surface area contributed by atoms with Crippen molar-refractivity contribution < 1.29 is 9.37 Å². The van der Waals surface area contributed by atoms with E-state index in [1.54, 1.807) is 7.11 Å². The first kappa shape index (κ1) is 16.3. The maximum atomic E-state index is 5.18. The summed E-state index contributed by atoms with van der Waals surface area (Å²) < 4.78 is 10.8. The van der Waals surface area contributed by atoms with Gasteiger partial charge in [0.2, 0.25) is 11.3 Å². The van der Waals surface area contributed by atoms with Crippen molar-refractivity contribution in [2.45, 2.75) is 0 Å². The van der Waals surface area contributed by atoms with Gasteiger partial charge < -0.3 is 15.4 Å². The Morgan fingerprint density at radius 1 is 0.885 bits per heavy atom. The fourth-order valence-corrected chi connectivity index (χ4v) is 2.73. The SMILES string of the molecule is COc1ccc(Nc2nc3nonc3nc2Nc2cccc(Br)c2)cc1. The van der Waals surface area contributed by atoms with E-state index in [9.17, 15) is 0 Å². The third-order valence-electron chi connectivity index (χ3n) is 3.55. The molecule has 0 saturated carbocycles. The first-order valence-electron chi connectivity index (χ1n) is 7.65. The van der Waals surface area contributed by atoms with Gasteiger partial charge in [-0.05, 0) is 52.8 Å². The van der Waals surface area contributed by atoms with Crippen molar-refractivity contribution in [2.75, 3.05) is 17.7 Å². The van der Waals surface area contributed by atoms with Crippen LogP contribution in [0.2, 0.25) is 0 Å². The lowest BCUT2D eigenvalue weighted by atomic mass is 10.3. The van der Waals surface area contributed by atoms with Crippen LogP contribution in [0.25, 0.3) is 11.3 Å². The summed E-state index contributed by atoms with van der Waals surface area (Å²) in [7, 11) is 1.62. The Morgan fingerprint density at radius 3 is 2.15 bits per heavy atom. The molecule has 0 aliphatic carbocycles. The average Bonchev–Trinajstić information content (AvgIpc) is 3.10. The van der Waals surface area contributed by atoms with Gasteiger partial charge >= 0.3 is 0 Å². The lowest BCUT2D eigenvalue weighted by Crippen LogP contribution is -2.03. The molecule has 26 heavy (non-hydrogen) atoms. The minimum absolute atomic E-state index is 0.320. The van der Waals surface area contributed by atoms with Gasteiger partial charge in [0, 0.05) is 15.8 Å². The Kier molecular flexibility index (Phi) is 4.36. The predicted molar refractivity (Wildman–Crippen MR) is 101 cm³/mol. The summed E-state index contributed by atoms with van der Waals surface area (Å²) in [4.78, 5) is 8.89. The smallest absolute Gasteiger partial charge is 0.245 e. The molecule has 130 valence electrons. The molecule has 2 aromatic heterocycles. The summed E-state index contributed by atoms with van der Waals surface area (Å²) in [6.45, 7) is 0. The molecule has 0 aliphatic rings. The van der Waals surface area contributed by atoms with Gasteiger partial charge in [-0.2, -0.15) is 0 Å². The topological polar surface area (TPSA) is 98.0 Å². The maximum absolute atomic E-state index is 5.18. The van der Waals surface area contributed by atoms with Gasteiger partial charge in [0.25, 0.3) is 0 Å². The van der Waals surface area contributed by atoms with E-state index >= 15 is 0 Å². The number of nitrogens with zero attached hydrogens (tertiary/aromatic N) is 4. The van der Waals surface area contributed by atoms with Gasteiger partial charge in [-0.15, -0.1) is 0 Å². The first-order valence-corrected chi connectivity index (χ1v) is 8.44. The molecule has 0 saturated heterocycles. The molecule has 0 radical (unpaired) electrons. The molecule has 0 atom stereocenters. The second-order valence-corrected chi connectivity index (χ2v) is 6.24. The molecule has 0 bridgehead atoms. The minimum Gasteiger partial charge on any atom is -0.497 e. The number of halogens is 1. The Bertz CT molecular complexity index is 1050. The van der Waals surface area contributed by atoms with Crippen molar-refractivity contribution in [3.8, 4) is 5.75 Å². The molecule has 0 aliphatic heterocycles. The van der Waals surface area contributed by atoms with Crippen LogP contribution in [0.5, 0.6) is 5.75 Å². The molecular weight excluding hydrogens is 400 g/mol. The molecule has 0 unspecified atom stereocenters. The van der Waals surface area contributed by atoms with Crippen molar-refractivity contribution in [2.24, 2.45) is 0 Å². The van der Waals surface area contributed by atoms with E-state index in [1.165, 1.54) is 0 Å². The molecule has 2 heterocycles. The minimum atomic E-state index is 0.320. The highest BCUT2D eigenvalue weighted by atomic mass is 79.9. The monoisotopic (exact) mass is 412 g/mol. The quantitative estimate of drug-likeness (QED) is 0.501. The molecule has 4 aromatic rings. The van der Waals surface area contributed by atoms with Crippen LogP contribution in [0.3, 0.4) is 0 Å². The van der Waals surface area contributed by atoms with Crippen molar-refractivity contribution in [1.29, 1.82) is 0 Å². The van der Waals surface area contributed by atoms with Gasteiger partial charge in [0.05, 0.1) is 7.11 Å². The van der Waals surface area contributed by atoms with Crippen LogP contribution in [-0.4, -0.2) is 27.4 Å². The maximum Gasteiger partial charge on any atom is 0.245 e. The molecule has 2 N–H and O–H groups in total. The second-order valence-electron chi connectivity index (χ2n) is 5.32. The van der Waals surface area contributed by atoms with Gasteiger partial charge in [-0.1, -0.05) is 22.0 Å². The number of aromatic nitrogens is 4. The lowest BCUT2D eigenvalue weighted by molar-refractivity contribution is 0.314. The number of hydrogen-bond acceptors (Lipinski definition) is 8. The number of hydrogen-bond donors (Lipinski definition) is 2. The van der Waals surface area contributed by atoms with Crippen LogP contribution in [0.4, 0.5) is 23.0 Å². The second kappa shape index (κ2) is 6.96. The van der Waals surface area contributed by atoms with E-state index in [-0.39, 0.29) is 0 Å². The lowest BCUT2D eigenvalue weighted by Gasteiger charge is -2.12. The Hall–Kier alpha value is -3.20. The van der Waals surface area contributed by atoms with Crippen molar-refractivity contribution in [1.82, 2.24) is 20.3 Å². The number of anilines is 4. The molecule has 0 spiro atoms. The highest BCUT2D eigenvalue weighted by molar-refractivity contribution is 9.10. The highest BCUT2D eigenvalue weighted by Gasteiger charge is 2.13. The number of rotatable bonds is 5. The van der Waals surface area contributed by atoms with E-state index in [0.717, 1.165) is 21.6 Å². The summed E-state index contributed by atoms with van der Waals surface area (Å²) in [5, 5.41) is 14.0. The summed E-state index contributed by atoms with van der Waals surface area (Å²) >= 11 is 3.45. The normalized spacial score (nSPS) is 10.7. The number of ether oxygens (including phenoxy) is 1. The first-order chi connectivity index (χ1) is 12.7. The largest absolute Gasteiger partial charge is 0.497 e. The van der Waals surface area contributed by atoms with Gasteiger partial charge in [0.1, 0.15) is 5.75 Å². The van der Waals surface area contributed by atoms with Crippen LogP contribution in [-0.2, 0) is 0 Å². The fraction of sp³-hybridized carbons (Fsp3) is 0.0588. The van der Waals surface area contributed by atoms with Crippen molar-refractivity contribution in [3.05, 3.63) is 53.0 Å². The van der Waals surface area contributed by atoms with Crippen LogP contribution in [0.15, 0.2) is 57.6 Å². The molecular formula is C17H13BrN6O2. The van der Waals surface area contributed by atoms with Crippen LogP contribution in [0, 0.1) is 0 Å². The summed E-state index contributed by atoms with van der Waals surface area (Å²) in [6.07, 6.45) is 0. The van der Waals surface area contributed by atoms with Crippen LogP contribution >= 0.6 is 15.9 Å². The predicted octanol–water partition coefficient (Wildman–Crippen LogP) is 4.27. The number of benzene rings is 2. The van der Waals surface area contributed by atoms with Crippen molar-refractivity contribution in [3.63, 3.8) is 0 Å². The molecule has 0 amide bonds. The zero-order valence-electron chi connectivity index (χ0n) is 13.6. The van der Waals surface area contributed by atoms with Crippen LogP contribution < -0.4 is 15.4 Å². The zero-order valence-corrected chi connectivity index (χ0v) is 15.2. The Balaban J connectivity index is 1.71. The van der Waals surface area contributed by atoms with Gasteiger partial charge in [-0.3, -0.25) is 0 Å². The molecule has 0 fully saturated rings. The summed E-state index contributed by atoms with van der Waals surface area (Å²) in [6, 6.07) is 15.2. The molecule has 8 nitrogen and oxygen atoms in total. The number of methoxy groups -OCH3 is 1. The number of fused-ring (bicyclic) bond motifs is 1. The zero-order chi connectivity index (χ0) is 17.9. The van der Waals surface area contributed by atoms with E-state index in [4.69, 9.17) is 9.37 Å². The van der Waals surface area contributed by atoms with Crippen molar-refractivity contribution >= 4 is 50.2 Å². The molecule has 2 aromatic carbocycles. The Labute approximate surface area is 156 Å². The summed E-state index contributed by atoms with van der Waals surface area (Å²) in [5.74, 6) is 1.77. The third kappa shape index (κ3) is 3.42. The van der Waals surface area contributed by atoms with E-state index < -0.39 is 0 Å². The van der Waals surface area contributed by atoms with Crippen LogP contribution in [0.1, 0.15) is 0 Å². The van der Waals surface area contributed by atoms with Gasteiger partial charge in [0.15, 0.2) is 11.6 Å².